The molecule has 1 saturated heterocycles. The molecule has 0 radical (unpaired) electrons. The second-order valence-electron chi connectivity index (χ2n) is 5.88. The molecule has 25 heavy (non-hydrogen) atoms. The number of carbonyl (C=O) groups is 2. The highest BCUT2D eigenvalue weighted by molar-refractivity contribution is 6.33. The first-order chi connectivity index (χ1) is 11.9. The zero-order chi connectivity index (χ0) is 18.1. The SMILES string of the molecule is Cc1noc(C)c1C(=O)N1CCN(C(=O)c2c(F)cccc2Cl)CC1. The number of amides is 2. The molecule has 132 valence electrons. The highest BCUT2D eigenvalue weighted by Crippen LogP contribution is 2.22. The summed E-state index contributed by atoms with van der Waals surface area (Å²) < 4.78 is 19.0. The molecule has 6 nitrogen and oxygen atoms in total. The van der Waals surface area contributed by atoms with Gasteiger partial charge in [0.25, 0.3) is 11.8 Å². The van der Waals surface area contributed by atoms with Crippen molar-refractivity contribution in [3.63, 3.8) is 0 Å². The van der Waals surface area contributed by atoms with Gasteiger partial charge in [0.2, 0.25) is 0 Å². The van der Waals surface area contributed by atoms with E-state index in [0.29, 0.717) is 43.2 Å². The van der Waals surface area contributed by atoms with Gasteiger partial charge in [-0.15, -0.1) is 0 Å². The van der Waals surface area contributed by atoms with E-state index in [1.165, 1.54) is 23.1 Å². The van der Waals surface area contributed by atoms with Crippen LogP contribution in [0.1, 0.15) is 32.2 Å². The van der Waals surface area contributed by atoms with E-state index in [1.807, 2.05) is 0 Å². The molecule has 0 bridgehead atoms. The number of halogens is 2. The Morgan fingerprint density at radius 1 is 1.08 bits per heavy atom. The molecule has 2 aromatic rings. The van der Waals surface area contributed by atoms with E-state index < -0.39 is 11.7 Å². The van der Waals surface area contributed by atoms with Gasteiger partial charge in [0.15, 0.2) is 0 Å². The summed E-state index contributed by atoms with van der Waals surface area (Å²) in [6, 6.07) is 4.14. The van der Waals surface area contributed by atoms with E-state index >= 15 is 0 Å². The Morgan fingerprint density at radius 3 is 2.12 bits per heavy atom. The molecule has 0 unspecified atom stereocenters. The van der Waals surface area contributed by atoms with Gasteiger partial charge in [0.1, 0.15) is 17.1 Å². The molecular formula is C17H17ClFN3O3. The summed E-state index contributed by atoms with van der Waals surface area (Å²) in [5, 5.41) is 3.87. The lowest BCUT2D eigenvalue weighted by Gasteiger charge is -2.35. The summed E-state index contributed by atoms with van der Waals surface area (Å²) in [5.74, 6) is -0.814. The Kier molecular flexibility index (Phi) is 4.76. The molecule has 8 heteroatoms. The maximum absolute atomic E-state index is 13.9. The molecule has 0 saturated carbocycles. The number of hydrogen-bond acceptors (Lipinski definition) is 4. The minimum atomic E-state index is -0.647. The van der Waals surface area contributed by atoms with Crippen molar-refractivity contribution in [3.8, 4) is 0 Å². The normalized spacial score (nSPS) is 14.7. The van der Waals surface area contributed by atoms with Gasteiger partial charge < -0.3 is 14.3 Å². The fourth-order valence-electron chi connectivity index (χ4n) is 2.92. The lowest BCUT2D eigenvalue weighted by atomic mass is 10.1. The minimum Gasteiger partial charge on any atom is -0.361 e. The predicted octanol–water partition coefficient (Wildman–Crippen LogP) is 2.68. The van der Waals surface area contributed by atoms with Crippen LogP contribution in [0.2, 0.25) is 5.02 Å². The zero-order valence-electron chi connectivity index (χ0n) is 13.9. The Balaban J connectivity index is 1.70. The average Bonchev–Trinajstić information content (AvgIpc) is 2.93. The van der Waals surface area contributed by atoms with Gasteiger partial charge in [0, 0.05) is 26.2 Å². The van der Waals surface area contributed by atoms with Gasteiger partial charge in [-0.2, -0.15) is 0 Å². The van der Waals surface area contributed by atoms with Crippen LogP contribution in [0.25, 0.3) is 0 Å². The largest absolute Gasteiger partial charge is 0.361 e. The van der Waals surface area contributed by atoms with Crippen LogP contribution >= 0.6 is 11.6 Å². The highest BCUT2D eigenvalue weighted by Gasteiger charge is 2.30. The summed E-state index contributed by atoms with van der Waals surface area (Å²) in [7, 11) is 0. The number of carbonyl (C=O) groups excluding carboxylic acids is 2. The number of aromatic nitrogens is 1. The lowest BCUT2D eigenvalue weighted by Crippen LogP contribution is -2.51. The molecule has 1 aliphatic heterocycles. The fourth-order valence-corrected chi connectivity index (χ4v) is 3.16. The van der Waals surface area contributed by atoms with Gasteiger partial charge in [-0.05, 0) is 26.0 Å². The number of hydrogen-bond donors (Lipinski definition) is 0. The second-order valence-corrected chi connectivity index (χ2v) is 6.29. The first-order valence-corrected chi connectivity index (χ1v) is 8.23. The van der Waals surface area contributed by atoms with Crippen molar-refractivity contribution in [1.82, 2.24) is 15.0 Å². The third-order valence-corrected chi connectivity index (χ3v) is 4.59. The Labute approximate surface area is 149 Å². The quantitative estimate of drug-likeness (QED) is 0.820. The van der Waals surface area contributed by atoms with Gasteiger partial charge in [-0.3, -0.25) is 9.59 Å². The first kappa shape index (κ1) is 17.4. The number of aryl methyl sites for hydroxylation is 2. The van der Waals surface area contributed by atoms with Crippen molar-refractivity contribution in [2.45, 2.75) is 13.8 Å². The van der Waals surface area contributed by atoms with E-state index in [9.17, 15) is 14.0 Å². The topological polar surface area (TPSA) is 66.7 Å². The summed E-state index contributed by atoms with van der Waals surface area (Å²) in [5.41, 5.74) is 0.866. The molecular weight excluding hydrogens is 349 g/mol. The van der Waals surface area contributed by atoms with Gasteiger partial charge >= 0.3 is 0 Å². The number of nitrogens with zero attached hydrogens (tertiary/aromatic N) is 3. The molecule has 1 fully saturated rings. The molecule has 0 atom stereocenters. The second kappa shape index (κ2) is 6.84. The number of piperazine rings is 1. The Morgan fingerprint density at radius 2 is 1.64 bits per heavy atom. The number of benzene rings is 1. The summed E-state index contributed by atoms with van der Waals surface area (Å²) >= 11 is 5.96. The monoisotopic (exact) mass is 365 g/mol. The molecule has 2 amide bonds. The molecule has 1 aromatic carbocycles. The third kappa shape index (κ3) is 3.24. The van der Waals surface area contributed by atoms with E-state index in [-0.39, 0.29) is 16.5 Å². The van der Waals surface area contributed by atoms with E-state index in [4.69, 9.17) is 16.1 Å². The van der Waals surface area contributed by atoms with Crippen molar-refractivity contribution in [3.05, 3.63) is 51.6 Å². The van der Waals surface area contributed by atoms with Crippen LogP contribution in [-0.2, 0) is 0 Å². The molecule has 3 rings (SSSR count). The lowest BCUT2D eigenvalue weighted by molar-refractivity contribution is 0.0531. The molecule has 0 spiro atoms. The minimum absolute atomic E-state index is 0.0826. The average molecular weight is 366 g/mol. The smallest absolute Gasteiger partial charge is 0.259 e. The van der Waals surface area contributed by atoms with Gasteiger partial charge in [-0.25, -0.2) is 4.39 Å². The van der Waals surface area contributed by atoms with Crippen molar-refractivity contribution in [2.24, 2.45) is 0 Å². The van der Waals surface area contributed by atoms with Crippen LogP contribution in [0.5, 0.6) is 0 Å². The molecule has 0 aliphatic carbocycles. The third-order valence-electron chi connectivity index (χ3n) is 4.28. The molecule has 0 N–H and O–H groups in total. The highest BCUT2D eigenvalue weighted by atomic mass is 35.5. The van der Waals surface area contributed by atoms with E-state index in [1.54, 1.807) is 18.7 Å². The zero-order valence-corrected chi connectivity index (χ0v) is 14.6. The molecule has 1 aliphatic rings. The Bertz CT molecular complexity index is 789. The predicted molar refractivity (Wildman–Crippen MR) is 89.2 cm³/mol. The summed E-state index contributed by atoms with van der Waals surface area (Å²) in [6.07, 6.45) is 0. The van der Waals surface area contributed by atoms with Crippen LogP contribution in [0.15, 0.2) is 22.7 Å². The molecule has 1 aromatic heterocycles. The fraction of sp³-hybridized carbons (Fsp3) is 0.353. The van der Waals surface area contributed by atoms with Gasteiger partial charge in [-0.1, -0.05) is 22.8 Å². The van der Waals surface area contributed by atoms with Crippen molar-refractivity contribution in [2.75, 3.05) is 26.2 Å². The van der Waals surface area contributed by atoms with Gasteiger partial charge in [0.05, 0.1) is 16.3 Å². The van der Waals surface area contributed by atoms with Crippen LogP contribution in [0, 0.1) is 19.7 Å². The number of rotatable bonds is 2. The summed E-state index contributed by atoms with van der Waals surface area (Å²) in [6.45, 7) is 4.70. The Hall–Kier alpha value is -2.41. The van der Waals surface area contributed by atoms with E-state index in [0.717, 1.165) is 0 Å². The maximum Gasteiger partial charge on any atom is 0.259 e. The maximum atomic E-state index is 13.9. The summed E-state index contributed by atoms with van der Waals surface area (Å²) in [4.78, 5) is 28.3. The van der Waals surface area contributed by atoms with Crippen LogP contribution in [-0.4, -0.2) is 52.9 Å². The van der Waals surface area contributed by atoms with Crippen molar-refractivity contribution >= 4 is 23.4 Å². The standard InChI is InChI=1S/C17H17ClFN3O3/c1-10-14(11(2)25-20-10)16(23)21-6-8-22(9-7-21)17(24)15-12(18)4-3-5-13(15)19/h3-5H,6-9H2,1-2H3. The van der Waals surface area contributed by atoms with Crippen molar-refractivity contribution in [1.29, 1.82) is 0 Å². The van der Waals surface area contributed by atoms with Crippen LogP contribution in [0.3, 0.4) is 0 Å². The molecule has 2 heterocycles. The van der Waals surface area contributed by atoms with Crippen molar-refractivity contribution < 1.29 is 18.5 Å². The van der Waals surface area contributed by atoms with E-state index in [2.05, 4.69) is 5.16 Å². The van der Waals surface area contributed by atoms with Crippen LogP contribution in [0.4, 0.5) is 4.39 Å². The first-order valence-electron chi connectivity index (χ1n) is 7.85. The van der Waals surface area contributed by atoms with Crippen LogP contribution < -0.4 is 0 Å².